The van der Waals surface area contributed by atoms with Crippen LogP contribution in [-0.4, -0.2) is 45.4 Å². The van der Waals surface area contributed by atoms with Crippen molar-refractivity contribution in [3.8, 4) is 0 Å². The number of nitrogens with zero attached hydrogens (tertiary/aromatic N) is 3. The van der Waals surface area contributed by atoms with E-state index in [1.165, 1.54) is 9.47 Å². The normalized spacial score (nSPS) is 15.5. The van der Waals surface area contributed by atoms with E-state index in [4.69, 9.17) is 16.3 Å². The van der Waals surface area contributed by atoms with Crippen LogP contribution in [0.25, 0.3) is 11.2 Å². The minimum Gasteiger partial charge on any atom is -0.370 e. The van der Waals surface area contributed by atoms with E-state index in [1.54, 1.807) is 7.05 Å². The fourth-order valence-electron chi connectivity index (χ4n) is 3.46. The molecule has 2 N–H and O–H groups in total. The molecule has 1 saturated heterocycles. The zero-order valence-corrected chi connectivity index (χ0v) is 15.8. The highest BCUT2D eigenvalue weighted by Gasteiger charge is 2.22. The van der Waals surface area contributed by atoms with Crippen LogP contribution in [-0.2, 0) is 24.9 Å². The number of hydrogen-bond acceptors (Lipinski definition) is 4. The maximum Gasteiger partial charge on any atom is 0.329 e. The number of quaternary nitrogens is 1. The van der Waals surface area contributed by atoms with Gasteiger partial charge in [-0.15, -0.1) is 0 Å². The molecular weight excluding hydrogens is 370 g/mol. The number of imidazole rings is 1. The number of aromatic nitrogens is 4. The van der Waals surface area contributed by atoms with Crippen LogP contribution in [0.4, 0.5) is 0 Å². The summed E-state index contributed by atoms with van der Waals surface area (Å²) in [7, 11) is 1.61. The SMILES string of the molecule is Cn1c(=O)[nH]c(=O)c2c1nc(C[NH+]1CCOCC1)n2Cc1cccc(Cl)c1. The van der Waals surface area contributed by atoms with Crippen molar-refractivity contribution < 1.29 is 9.64 Å². The van der Waals surface area contributed by atoms with Crippen LogP contribution >= 0.6 is 11.6 Å². The van der Waals surface area contributed by atoms with Gasteiger partial charge in [0.05, 0.1) is 13.2 Å². The predicted molar refractivity (Wildman–Crippen MR) is 101 cm³/mol. The molecule has 0 atom stereocenters. The Bertz CT molecular complexity index is 1090. The van der Waals surface area contributed by atoms with Gasteiger partial charge in [-0.05, 0) is 17.7 Å². The highest BCUT2D eigenvalue weighted by Crippen LogP contribution is 2.16. The number of nitrogens with one attached hydrogen (secondary N) is 2. The summed E-state index contributed by atoms with van der Waals surface area (Å²) in [5, 5.41) is 0.638. The van der Waals surface area contributed by atoms with Gasteiger partial charge in [0.25, 0.3) is 5.56 Å². The summed E-state index contributed by atoms with van der Waals surface area (Å²) in [4.78, 5) is 32.9. The third kappa shape index (κ3) is 3.55. The molecule has 0 saturated carbocycles. The molecule has 27 heavy (non-hydrogen) atoms. The van der Waals surface area contributed by atoms with Crippen molar-refractivity contribution in [2.45, 2.75) is 13.1 Å². The molecule has 1 aliphatic heterocycles. The Morgan fingerprint density at radius 1 is 1.30 bits per heavy atom. The lowest BCUT2D eigenvalue weighted by Crippen LogP contribution is -3.12. The first kappa shape index (κ1) is 18.0. The van der Waals surface area contributed by atoms with Gasteiger partial charge in [0.2, 0.25) is 0 Å². The summed E-state index contributed by atoms with van der Waals surface area (Å²) in [6, 6.07) is 7.52. The Kier molecular flexibility index (Phi) is 4.86. The van der Waals surface area contributed by atoms with Crippen LogP contribution in [0.15, 0.2) is 33.9 Å². The fraction of sp³-hybridized carbons (Fsp3) is 0.389. The van der Waals surface area contributed by atoms with E-state index in [9.17, 15) is 9.59 Å². The molecule has 2 aromatic heterocycles. The van der Waals surface area contributed by atoms with Gasteiger partial charge in [0, 0.05) is 18.6 Å². The van der Waals surface area contributed by atoms with Gasteiger partial charge in [-0.25, -0.2) is 9.78 Å². The lowest BCUT2D eigenvalue weighted by molar-refractivity contribution is -0.922. The van der Waals surface area contributed by atoms with E-state index < -0.39 is 11.2 Å². The number of H-pyrrole nitrogens is 1. The average molecular weight is 391 g/mol. The molecule has 0 bridgehead atoms. The van der Waals surface area contributed by atoms with Crippen LogP contribution in [0, 0.1) is 0 Å². The molecule has 4 rings (SSSR count). The summed E-state index contributed by atoms with van der Waals surface area (Å²) in [5.74, 6) is 0.772. The van der Waals surface area contributed by atoms with Crippen LogP contribution in [0.3, 0.4) is 0 Å². The first-order valence-electron chi connectivity index (χ1n) is 8.87. The smallest absolute Gasteiger partial charge is 0.329 e. The maximum atomic E-state index is 12.6. The van der Waals surface area contributed by atoms with Gasteiger partial charge in [0.1, 0.15) is 19.6 Å². The molecule has 9 heteroatoms. The standard InChI is InChI=1S/C18H20ClN5O3/c1-22-16-15(17(25)21-18(22)26)24(10-12-3-2-4-13(19)9-12)14(20-16)11-23-5-7-27-8-6-23/h2-4,9H,5-8,10-11H2,1H3,(H,21,25,26)/p+1. The second-order valence-electron chi connectivity index (χ2n) is 6.77. The van der Waals surface area contributed by atoms with Crippen molar-refractivity contribution in [2.24, 2.45) is 7.05 Å². The highest BCUT2D eigenvalue weighted by atomic mass is 35.5. The Morgan fingerprint density at radius 2 is 2.07 bits per heavy atom. The summed E-state index contributed by atoms with van der Waals surface area (Å²) in [6.45, 7) is 4.31. The van der Waals surface area contributed by atoms with Crippen molar-refractivity contribution >= 4 is 22.8 Å². The number of rotatable bonds is 4. The number of aryl methyl sites for hydroxylation is 1. The number of benzene rings is 1. The Morgan fingerprint density at radius 3 is 2.81 bits per heavy atom. The zero-order chi connectivity index (χ0) is 19.0. The average Bonchev–Trinajstić information content (AvgIpc) is 2.99. The van der Waals surface area contributed by atoms with Crippen molar-refractivity contribution in [2.75, 3.05) is 26.3 Å². The van der Waals surface area contributed by atoms with E-state index in [-0.39, 0.29) is 0 Å². The van der Waals surface area contributed by atoms with Crippen molar-refractivity contribution in [3.63, 3.8) is 0 Å². The predicted octanol–water partition coefficient (Wildman–Crippen LogP) is -0.460. The molecular formula is C18H21ClN5O3+. The molecule has 0 unspecified atom stereocenters. The number of morpholine rings is 1. The van der Waals surface area contributed by atoms with Crippen LogP contribution < -0.4 is 16.1 Å². The largest absolute Gasteiger partial charge is 0.370 e. The van der Waals surface area contributed by atoms with Crippen LogP contribution in [0.5, 0.6) is 0 Å². The van der Waals surface area contributed by atoms with E-state index in [2.05, 4.69) is 9.97 Å². The maximum absolute atomic E-state index is 12.6. The summed E-state index contributed by atoms with van der Waals surface area (Å²) >= 11 is 6.12. The number of aromatic amines is 1. The number of fused-ring (bicyclic) bond motifs is 1. The zero-order valence-electron chi connectivity index (χ0n) is 15.0. The molecule has 3 aromatic rings. The van der Waals surface area contributed by atoms with Crippen molar-refractivity contribution in [1.82, 2.24) is 19.1 Å². The minimum atomic E-state index is -0.467. The molecule has 3 heterocycles. The molecule has 1 aliphatic rings. The summed E-state index contributed by atoms with van der Waals surface area (Å²) < 4.78 is 8.70. The van der Waals surface area contributed by atoms with Gasteiger partial charge in [-0.1, -0.05) is 23.7 Å². The topological polar surface area (TPSA) is 86.3 Å². The van der Waals surface area contributed by atoms with E-state index in [0.29, 0.717) is 42.5 Å². The molecule has 1 fully saturated rings. The minimum absolute atomic E-state index is 0.397. The van der Waals surface area contributed by atoms with E-state index >= 15 is 0 Å². The lowest BCUT2D eigenvalue weighted by Gasteiger charge is -2.23. The Balaban J connectivity index is 1.84. The number of ether oxygens (including phenoxy) is 1. The number of halogens is 1. The molecule has 142 valence electrons. The van der Waals surface area contributed by atoms with Crippen molar-refractivity contribution in [1.29, 1.82) is 0 Å². The molecule has 0 spiro atoms. The van der Waals surface area contributed by atoms with Gasteiger partial charge in [-0.3, -0.25) is 14.3 Å². The molecule has 0 radical (unpaired) electrons. The quantitative estimate of drug-likeness (QED) is 0.631. The van der Waals surface area contributed by atoms with Gasteiger partial charge >= 0.3 is 5.69 Å². The van der Waals surface area contributed by atoms with Crippen LogP contribution in [0.2, 0.25) is 5.02 Å². The second kappa shape index (κ2) is 7.30. The first-order valence-corrected chi connectivity index (χ1v) is 9.25. The van der Waals surface area contributed by atoms with Gasteiger partial charge < -0.3 is 14.2 Å². The summed E-state index contributed by atoms with van der Waals surface area (Å²) in [5.41, 5.74) is 0.873. The molecule has 0 aliphatic carbocycles. The number of hydrogen-bond donors (Lipinski definition) is 2. The third-order valence-corrected chi connectivity index (χ3v) is 5.16. The highest BCUT2D eigenvalue weighted by molar-refractivity contribution is 6.30. The first-order chi connectivity index (χ1) is 13.0. The van der Waals surface area contributed by atoms with Gasteiger partial charge in [-0.2, -0.15) is 0 Å². The molecule has 1 aromatic carbocycles. The van der Waals surface area contributed by atoms with E-state index in [0.717, 1.165) is 24.5 Å². The monoisotopic (exact) mass is 390 g/mol. The summed E-state index contributed by atoms with van der Waals surface area (Å²) in [6.07, 6.45) is 0. The fourth-order valence-corrected chi connectivity index (χ4v) is 3.68. The van der Waals surface area contributed by atoms with Crippen molar-refractivity contribution in [3.05, 3.63) is 61.5 Å². The second-order valence-corrected chi connectivity index (χ2v) is 7.21. The lowest BCUT2D eigenvalue weighted by atomic mass is 10.2. The Hall–Kier alpha value is -2.42. The van der Waals surface area contributed by atoms with Crippen LogP contribution in [0.1, 0.15) is 11.4 Å². The third-order valence-electron chi connectivity index (χ3n) is 4.92. The Labute approximate surface area is 160 Å². The van der Waals surface area contributed by atoms with Gasteiger partial charge in [0.15, 0.2) is 17.0 Å². The van der Waals surface area contributed by atoms with E-state index in [1.807, 2.05) is 28.8 Å². The molecule has 0 amide bonds. The molecule has 8 nitrogen and oxygen atoms in total.